The smallest absolute Gasteiger partial charge is 0.165 e. The summed E-state index contributed by atoms with van der Waals surface area (Å²) in [4.78, 5) is 0.932. The Morgan fingerprint density at radius 1 is 1.59 bits per heavy atom. The molecule has 5 rings (SSSR count). The Morgan fingerprint density at radius 2 is 2.50 bits per heavy atom. The predicted octanol–water partition coefficient (Wildman–Crippen LogP) is 1.50. The van der Waals surface area contributed by atoms with Crippen molar-refractivity contribution in [3.8, 4) is 11.5 Å². The molecule has 1 fully saturated rings. The first-order valence-electron chi connectivity index (χ1n) is 11.8. The molecule has 22 heavy (non-hydrogen) atoms. The van der Waals surface area contributed by atoms with Crippen molar-refractivity contribution in [1.29, 1.82) is 0 Å². The first-order valence-corrected chi connectivity index (χ1v) is 7.25. The minimum atomic E-state index is -2.74. The Bertz CT molecular complexity index is 1040. The average Bonchev–Trinajstić information content (AvgIpc) is 2.91. The van der Waals surface area contributed by atoms with Gasteiger partial charge in [-0.25, -0.2) is 0 Å². The average molecular weight is 308 g/mol. The number of aliphatic hydroxyl groups excluding tert-OH is 1. The number of likely N-dealkylation sites (tertiary alicyclic amines) is 1. The minimum Gasteiger partial charge on any atom is -0.493 e. The van der Waals surface area contributed by atoms with Gasteiger partial charge in [0.15, 0.2) is 11.5 Å². The van der Waals surface area contributed by atoms with Crippen LogP contribution in [0.1, 0.15) is 29.9 Å². The Labute approximate surface area is 143 Å². The second-order valence-electron chi connectivity index (χ2n) is 5.98. The fourth-order valence-electron chi connectivity index (χ4n) is 4.16. The highest BCUT2D eigenvalue weighted by molar-refractivity contribution is 5.62. The van der Waals surface area contributed by atoms with Crippen LogP contribution in [0.25, 0.3) is 0 Å². The molecule has 5 atom stereocenters. The summed E-state index contributed by atoms with van der Waals surface area (Å²) in [5.41, 5.74) is -1.87. The van der Waals surface area contributed by atoms with Crippen LogP contribution in [0.15, 0.2) is 24.2 Å². The molecule has 116 valence electrons. The van der Waals surface area contributed by atoms with E-state index in [9.17, 15) is 6.48 Å². The molecule has 2 unspecified atom stereocenters. The minimum absolute atomic E-state index is 0.0604. The molecule has 2 bridgehead atoms. The number of nitrogens with zero attached hydrogens (tertiary/aromatic N) is 1. The van der Waals surface area contributed by atoms with Crippen molar-refractivity contribution in [3.05, 3.63) is 35.4 Å². The highest BCUT2D eigenvalue weighted by Gasteiger charge is 2.64. The maximum absolute atomic E-state index is 10.8. The van der Waals surface area contributed by atoms with Crippen molar-refractivity contribution in [2.75, 3.05) is 20.6 Å². The molecule has 2 aliphatic carbocycles. The molecule has 1 aromatic rings. The summed E-state index contributed by atoms with van der Waals surface area (Å²) >= 11 is 0. The quantitative estimate of drug-likeness (QED) is 0.799. The van der Waals surface area contributed by atoms with E-state index in [1.54, 1.807) is 0 Å². The van der Waals surface area contributed by atoms with Gasteiger partial charge in [0.2, 0.25) is 0 Å². The molecular formula is C18H21NO3. The maximum Gasteiger partial charge on any atom is 0.165 e. The van der Waals surface area contributed by atoms with E-state index in [2.05, 4.69) is 0 Å². The second kappa shape index (κ2) is 4.06. The van der Waals surface area contributed by atoms with E-state index in [0.29, 0.717) is 0 Å². The standard InChI is InChI=1S/C18H21NO3/c1-19-8-7-18-11-4-5-13(20)17(18)22-16-14(21-2)6-3-10(15(16)18)9-12(11)19/h3-6,11-13,17,20H,7-9H2,1-2H3/t11-,12+,13?,17?,18-/m0/s1/i1D3,3D,6D,9D2,11D,17D. The van der Waals surface area contributed by atoms with Gasteiger partial charge in [-0.3, -0.25) is 0 Å². The van der Waals surface area contributed by atoms with Crippen molar-refractivity contribution in [3.63, 3.8) is 0 Å². The van der Waals surface area contributed by atoms with Gasteiger partial charge in [-0.1, -0.05) is 18.2 Å². The van der Waals surface area contributed by atoms with Gasteiger partial charge >= 0.3 is 0 Å². The van der Waals surface area contributed by atoms with Gasteiger partial charge in [-0.2, -0.15) is 0 Å². The number of ether oxygens (including phenoxy) is 2. The SMILES string of the molecule is [2H]c1c([2H])c2c3c(c1OC)OC1([2H])C(O)C=C[C@@]4([2H])[C@H](N(C([2H])([2H])[2H])CC[C@]314)C2([2H])[2H]. The predicted molar refractivity (Wildman–Crippen MR) is 82.5 cm³/mol. The van der Waals surface area contributed by atoms with E-state index >= 15 is 0 Å². The molecule has 4 nitrogen and oxygen atoms in total. The zero-order valence-electron chi connectivity index (χ0n) is 20.9. The van der Waals surface area contributed by atoms with Crippen LogP contribution in [0.4, 0.5) is 0 Å². The number of benzene rings is 1. The van der Waals surface area contributed by atoms with Gasteiger partial charge < -0.3 is 19.5 Å². The van der Waals surface area contributed by atoms with E-state index in [1.165, 1.54) is 19.3 Å². The van der Waals surface area contributed by atoms with Gasteiger partial charge in [-0.15, -0.1) is 0 Å². The third-order valence-electron chi connectivity index (χ3n) is 5.08. The Balaban J connectivity index is 1.99. The van der Waals surface area contributed by atoms with E-state index < -0.39 is 55.0 Å². The lowest BCUT2D eigenvalue weighted by Crippen LogP contribution is -2.64. The van der Waals surface area contributed by atoms with E-state index in [0.717, 1.165) is 4.90 Å². The number of methoxy groups -OCH3 is 1. The molecular weight excluding hydrogens is 278 g/mol. The summed E-state index contributed by atoms with van der Waals surface area (Å²) in [6, 6.07) is -2.57. The molecule has 1 aromatic carbocycles. The van der Waals surface area contributed by atoms with Crippen LogP contribution in [0.2, 0.25) is 0 Å². The molecule has 0 saturated carbocycles. The van der Waals surface area contributed by atoms with E-state index in [1.807, 2.05) is 0 Å². The number of hydrogen-bond donors (Lipinski definition) is 1. The van der Waals surface area contributed by atoms with E-state index in [-0.39, 0.29) is 35.6 Å². The summed E-state index contributed by atoms with van der Waals surface area (Å²) in [7, 11) is 1.26. The first-order chi connectivity index (χ1) is 14.2. The Morgan fingerprint density at radius 3 is 3.32 bits per heavy atom. The highest BCUT2D eigenvalue weighted by Crippen LogP contribution is 2.62. The Hall–Kier alpha value is -1.52. The molecule has 0 radical (unpaired) electrons. The van der Waals surface area contributed by atoms with Crippen LogP contribution in [-0.4, -0.2) is 48.9 Å². The highest BCUT2D eigenvalue weighted by atomic mass is 16.5. The fourth-order valence-corrected chi connectivity index (χ4v) is 4.16. The number of piperidine rings is 1. The lowest BCUT2D eigenvalue weighted by atomic mass is 9.53. The molecule has 0 amide bonds. The molecule has 4 aliphatic rings. The topological polar surface area (TPSA) is 41.9 Å². The Kier molecular flexibility index (Phi) is 1.28. The molecule has 0 aromatic heterocycles. The van der Waals surface area contributed by atoms with Crippen molar-refractivity contribution in [2.24, 2.45) is 5.89 Å². The summed E-state index contributed by atoms with van der Waals surface area (Å²) in [5.74, 6) is -2.29. The lowest BCUT2D eigenvalue weighted by molar-refractivity contribution is -0.0453. The van der Waals surface area contributed by atoms with Crippen LogP contribution in [0, 0.1) is 5.89 Å². The van der Waals surface area contributed by atoms with Gasteiger partial charge in [0.05, 0.1) is 11.2 Å². The largest absolute Gasteiger partial charge is 0.493 e. The van der Waals surface area contributed by atoms with Crippen LogP contribution in [-0.2, 0) is 11.8 Å². The normalized spacial score (nSPS) is 56.5. The molecule has 2 heterocycles. The number of hydrogen-bond acceptors (Lipinski definition) is 4. The summed E-state index contributed by atoms with van der Waals surface area (Å²) < 4.78 is 88.4. The van der Waals surface area contributed by atoms with E-state index in [4.69, 9.17) is 20.4 Å². The number of aliphatic hydroxyl groups is 1. The van der Waals surface area contributed by atoms with Crippen LogP contribution in [0.3, 0.4) is 0 Å². The summed E-state index contributed by atoms with van der Waals surface area (Å²) in [6.07, 6.45) is -3.85. The molecule has 1 N–H and O–H groups in total. The molecule has 4 heteroatoms. The van der Waals surface area contributed by atoms with Gasteiger partial charge in [0.1, 0.15) is 12.2 Å². The van der Waals surface area contributed by atoms with Crippen LogP contribution >= 0.6 is 0 Å². The van der Waals surface area contributed by atoms with Crippen molar-refractivity contribution in [1.82, 2.24) is 4.90 Å². The number of rotatable bonds is 1. The van der Waals surface area contributed by atoms with Gasteiger partial charge in [-0.05, 0) is 37.9 Å². The summed E-state index contributed by atoms with van der Waals surface area (Å²) in [5, 5.41) is 10.8. The van der Waals surface area contributed by atoms with Gasteiger partial charge in [0.25, 0.3) is 0 Å². The monoisotopic (exact) mass is 308 g/mol. The van der Waals surface area contributed by atoms with Crippen LogP contribution < -0.4 is 9.47 Å². The van der Waals surface area contributed by atoms with Crippen LogP contribution in [0.5, 0.6) is 11.5 Å². The number of likely N-dealkylation sites (N-methyl/N-ethyl adjacent to an activating group) is 1. The van der Waals surface area contributed by atoms with Crippen molar-refractivity contribution >= 4 is 0 Å². The maximum atomic E-state index is 10.8. The molecule has 1 saturated heterocycles. The van der Waals surface area contributed by atoms with Gasteiger partial charge in [0, 0.05) is 31.1 Å². The third-order valence-corrected chi connectivity index (χ3v) is 5.08. The lowest BCUT2D eigenvalue weighted by Gasteiger charge is -2.56. The van der Waals surface area contributed by atoms with Crippen molar-refractivity contribution < 1.29 is 26.9 Å². The zero-order valence-corrected chi connectivity index (χ0v) is 11.9. The first kappa shape index (κ1) is 6.93. The summed E-state index contributed by atoms with van der Waals surface area (Å²) in [6.45, 7) is -2.90. The molecule has 2 aliphatic heterocycles. The third kappa shape index (κ3) is 1.28. The fraction of sp³-hybridized carbons (Fsp3) is 0.556. The second-order valence-corrected chi connectivity index (χ2v) is 5.98. The molecule has 1 spiro atoms. The van der Waals surface area contributed by atoms with Crippen molar-refractivity contribution in [2.45, 2.75) is 36.4 Å². The zero-order chi connectivity index (χ0) is 22.9.